The third-order valence-electron chi connectivity index (χ3n) is 2.83. The Bertz CT molecular complexity index is 759. The molecule has 0 saturated heterocycles. The van der Waals surface area contributed by atoms with Crippen molar-refractivity contribution in [1.82, 2.24) is 9.97 Å². The average molecular weight is 286 g/mol. The zero-order chi connectivity index (χ0) is 14.1. The van der Waals surface area contributed by atoms with E-state index in [0.29, 0.717) is 0 Å². The van der Waals surface area contributed by atoms with Crippen molar-refractivity contribution in [2.75, 3.05) is 0 Å². The van der Waals surface area contributed by atoms with E-state index in [1.165, 1.54) is 11.3 Å². The van der Waals surface area contributed by atoms with Gasteiger partial charge in [-0.3, -0.25) is 0 Å². The summed E-state index contributed by atoms with van der Waals surface area (Å²) < 4.78 is 0. The van der Waals surface area contributed by atoms with E-state index in [2.05, 4.69) is 9.97 Å². The second-order valence-electron chi connectivity index (χ2n) is 4.19. The lowest BCUT2D eigenvalue weighted by Crippen LogP contribution is -1.94. The molecule has 0 amide bonds. The maximum Gasteiger partial charge on any atom is 0.352 e. The molecule has 100 valence electrons. The molecule has 0 fully saturated rings. The molecule has 0 atom stereocenters. The van der Waals surface area contributed by atoms with E-state index in [1.54, 1.807) is 36.5 Å². The number of phenolic OH excluding ortho intramolecular Hbond substituents is 1. The van der Waals surface area contributed by atoms with E-state index in [-0.39, 0.29) is 11.4 Å². The summed E-state index contributed by atoms with van der Waals surface area (Å²) >= 11 is 1.47. The number of aromatic carboxylic acids is 1. The van der Waals surface area contributed by atoms with Gasteiger partial charge in [-0.1, -0.05) is 0 Å². The first-order valence-electron chi connectivity index (χ1n) is 5.80. The summed E-state index contributed by atoms with van der Waals surface area (Å²) in [6, 6.07) is 8.35. The molecule has 2 heterocycles. The van der Waals surface area contributed by atoms with Gasteiger partial charge in [-0.05, 0) is 30.3 Å². The van der Waals surface area contributed by atoms with Crippen LogP contribution in [0.4, 0.5) is 0 Å². The van der Waals surface area contributed by atoms with Gasteiger partial charge in [-0.2, -0.15) is 0 Å². The molecule has 5 nitrogen and oxygen atoms in total. The van der Waals surface area contributed by atoms with Crippen LogP contribution in [0.5, 0.6) is 5.75 Å². The first-order valence-corrected chi connectivity index (χ1v) is 6.68. The first kappa shape index (κ1) is 12.4. The maximum atomic E-state index is 10.8. The number of phenols is 1. The molecule has 20 heavy (non-hydrogen) atoms. The van der Waals surface area contributed by atoms with Crippen molar-refractivity contribution in [3.8, 4) is 27.6 Å². The number of carboxylic acids is 1. The summed E-state index contributed by atoms with van der Waals surface area (Å²) in [6.45, 7) is 0. The van der Waals surface area contributed by atoms with Crippen LogP contribution in [0.2, 0.25) is 0 Å². The van der Waals surface area contributed by atoms with Crippen LogP contribution in [0.15, 0.2) is 41.9 Å². The number of aromatic hydroxyl groups is 1. The molecule has 1 aromatic carbocycles. The van der Waals surface area contributed by atoms with E-state index in [4.69, 9.17) is 5.11 Å². The van der Waals surface area contributed by atoms with Crippen molar-refractivity contribution in [1.29, 1.82) is 0 Å². The molecule has 3 rings (SSSR count). The van der Waals surface area contributed by atoms with Crippen LogP contribution < -0.4 is 0 Å². The van der Waals surface area contributed by atoms with E-state index < -0.39 is 5.97 Å². The Labute approximate surface area is 118 Å². The number of carboxylic acid groups (broad SMARTS) is 1. The molecular weight excluding hydrogens is 276 g/mol. The number of aromatic nitrogens is 2. The van der Waals surface area contributed by atoms with Crippen LogP contribution in [-0.4, -0.2) is 26.2 Å². The van der Waals surface area contributed by atoms with Crippen LogP contribution in [-0.2, 0) is 0 Å². The van der Waals surface area contributed by atoms with E-state index in [0.717, 1.165) is 21.8 Å². The van der Waals surface area contributed by atoms with Gasteiger partial charge in [0.1, 0.15) is 16.5 Å². The van der Waals surface area contributed by atoms with E-state index >= 15 is 0 Å². The molecule has 0 bridgehead atoms. The monoisotopic (exact) mass is 286 g/mol. The molecule has 0 radical (unpaired) electrons. The standard InChI is InChI=1S/C14H10N2O3S/c17-10-3-1-8(2-4-10)13-16-12(7-20-13)9-5-11(14(18)19)15-6-9/h1-7,15,17H,(H,18,19). The number of H-pyrrole nitrogens is 1. The Morgan fingerprint density at radius 1 is 1.20 bits per heavy atom. The fourth-order valence-electron chi connectivity index (χ4n) is 1.81. The number of thiazole rings is 1. The van der Waals surface area contributed by atoms with Gasteiger partial charge in [0.2, 0.25) is 0 Å². The second-order valence-corrected chi connectivity index (χ2v) is 5.05. The summed E-state index contributed by atoms with van der Waals surface area (Å²) in [4.78, 5) is 18.0. The van der Waals surface area contributed by atoms with Gasteiger partial charge in [-0.15, -0.1) is 11.3 Å². The largest absolute Gasteiger partial charge is 0.508 e. The van der Waals surface area contributed by atoms with Gasteiger partial charge in [0.15, 0.2) is 0 Å². The Balaban J connectivity index is 1.93. The zero-order valence-electron chi connectivity index (χ0n) is 10.2. The molecule has 0 saturated carbocycles. The number of benzene rings is 1. The number of rotatable bonds is 3. The van der Waals surface area contributed by atoms with Crippen LogP contribution >= 0.6 is 11.3 Å². The van der Waals surface area contributed by atoms with Gasteiger partial charge in [0, 0.05) is 22.7 Å². The lowest BCUT2D eigenvalue weighted by Gasteiger charge is -1.96. The van der Waals surface area contributed by atoms with Gasteiger partial charge < -0.3 is 15.2 Å². The number of carbonyl (C=O) groups is 1. The molecule has 6 heteroatoms. The highest BCUT2D eigenvalue weighted by atomic mass is 32.1. The Kier molecular flexibility index (Phi) is 3.00. The molecule has 0 aliphatic rings. The fourth-order valence-corrected chi connectivity index (χ4v) is 2.64. The molecule has 0 unspecified atom stereocenters. The normalized spacial score (nSPS) is 10.6. The topological polar surface area (TPSA) is 86.2 Å². The fraction of sp³-hybridized carbons (Fsp3) is 0. The first-order chi connectivity index (χ1) is 9.63. The smallest absolute Gasteiger partial charge is 0.352 e. The molecule has 3 N–H and O–H groups in total. The minimum atomic E-state index is -0.995. The second kappa shape index (κ2) is 4.82. The Morgan fingerprint density at radius 2 is 1.95 bits per heavy atom. The third kappa shape index (κ3) is 2.28. The lowest BCUT2D eigenvalue weighted by molar-refractivity contribution is 0.0691. The minimum Gasteiger partial charge on any atom is -0.508 e. The molecule has 2 aromatic heterocycles. The van der Waals surface area contributed by atoms with Crippen molar-refractivity contribution in [3.05, 3.63) is 47.6 Å². The van der Waals surface area contributed by atoms with Crippen molar-refractivity contribution < 1.29 is 15.0 Å². The highest BCUT2D eigenvalue weighted by molar-refractivity contribution is 7.13. The Hall–Kier alpha value is -2.60. The Morgan fingerprint density at radius 3 is 2.60 bits per heavy atom. The van der Waals surface area contributed by atoms with Crippen molar-refractivity contribution in [2.45, 2.75) is 0 Å². The van der Waals surface area contributed by atoms with Crippen LogP contribution in [0.25, 0.3) is 21.8 Å². The van der Waals surface area contributed by atoms with Crippen LogP contribution in [0.1, 0.15) is 10.5 Å². The van der Waals surface area contributed by atoms with Crippen molar-refractivity contribution in [3.63, 3.8) is 0 Å². The number of hydrogen-bond acceptors (Lipinski definition) is 4. The molecule has 3 aromatic rings. The minimum absolute atomic E-state index is 0.138. The molecule has 0 spiro atoms. The van der Waals surface area contributed by atoms with Gasteiger partial charge in [-0.25, -0.2) is 9.78 Å². The quantitative estimate of drug-likeness (QED) is 0.690. The van der Waals surface area contributed by atoms with Crippen molar-refractivity contribution >= 4 is 17.3 Å². The highest BCUT2D eigenvalue weighted by Gasteiger charge is 2.11. The molecular formula is C14H10N2O3S. The van der Waals surface area contributed by atoms with E-state index in [1.807, 2.05) is 5.38 Å². The summed E-state index contributed by atoms with van der Waals surface area (Å²) in [5, 5.41) is 20.8. The van der Waals surface area contributed by atoms with Crippen LogP contribution in [0, 0.1) is 0 Å². The number of nitrogens with zero attached hydrogens (tertiary/aromatic N) is 1. The molecule has 0 aliphatic heterocycles. The lowest BCUT2D eigenvalue weighted by atomic mass is 10.2. The van der Waals surface area contributed by atoms with E-state index in [9.17, 15) is 9.90 Å². The predicted molar refractivity (Wildman–Crippen MR) is 76.0 cm³/mol. The molecule has 0 aliphatic carbocycles. The number of nitrogens with one attached hydrogen (secondary N) is 1. The average Bonchev–Trinajstić information content (AvgIpc) is 3.08. The van der Waals surface area contributed by atoms with Crippen LogP contribution in [0.3, 0.4) is 0 Å². The summed E-state index contributed by atoms with van der Waals surface area (Å²) in [5.74, 6) is -0.785. The number of aromatic amines is 1. The zero-order valence-corrected chi connectivity index (χ0v) is 11.0. The third-order valence-corrected chi connectivity index (χ3v) is 3.72. The van der Waals surface area contributed by atoms with Crippen molar-refractivity contribution in [2.24, 2.45) is 0 Å². The SMILES string of the molecule is O=C(O)c1cc(-c2csc(-c3ccc(O)cc3)n2)c[nH]1. The summed E-state index contributed by atoms with van der Waals surface area (Å²) in [6.07, 6.45) is 1.62. The maximum absolute atomic E-state index is 10.8. The van der Waals surface area contributed by atoms with Gasteiger partial charge in [0.05, 0.1) is 5.69 Å². The van der Waals surface area contributed by atoms with Gasteiger partial charge >= 0.3 is 5.97 Å². The van der Waals surface area contributed by atoms with Gasteiger partial charge in [0.25, 0.3) is 0 Å². The highest BCUT2D eigenvalue weighted by Crippen LogP contribution is 2.29. The summed E-state index contributed by atoms with van der Waals surface area (Å²) in [7, 11) is 0. The summed E-state index contributed by atoms with van der Waals surface area (Å²) in [5.41, 5.74) is 2.51. The predicted octanol–water partition coefficient (Wildman–Crippen LogP) is 3.21. The number of hydrogen-bond donors (Lipinski definition) is 3.